The highest BCUT2D eigenvalue weighted by atomic mass is 16.7. The molecule has 1 aliphatic heterocycles. The zero-order chi connectivity index (χ0) is 16.2. The number of hydrogen-bond acceptors (Lipinski definition) is 5. The van der Waals surface area contributed by atoms with E-state index in [1.54, 1.807) is 25.1 Å². The second-order valence-electron chi connectivity index (χ2n) is 5.21. The van der Waals surface area contributed by atoms with Crippen molar-refractivity contribution < 1.29 is 23.8 Å². The standard InChI is InChI=1S/C15H20N2O5/c1-4-20-14(19)16-8-7-13(18)17-10-5-6-11-12(9-10)22-15(2,3)21-11/h5-6,9H,4,7-8H2,1-3H3,(H,16,19)(H,17,18). The molecule has 1 aromatic rings. The van der Waals surface area contributed by atoms with Crippen molar-refractivity contribution in [2.75, 3.05) is 18.5 Å². The molecule has 22 heavy (non-hydrogen) atoms. The number of carbonyl (C=O) groups excluding carboxylic acids is 2. The van der Waals surface area contributed by atoms with E-state index in [2.05, 4.69) is 10.6 Å². The highest BCUT2D eigenvalue weighted by Gasteiger charge is 2.31. The van der Waals surface area contributed by atoms with E-state index >= 15 is 0 Å². The first-order valence-corrected chi connectivity index (χ1v) is 7.12. The molecule has 1 aromatic carbocycles. The summed E-state index contributed by atoms with van der Waals surface area (Å²) < 4.78 is 15.9. The van der Waals surface area contributed by atoms with E-state index in [0.29, 0.717) is 23.8 Å². The molecule has 120 valence electrons. The van der Waals surface area contributed by atoms with Gasteiger partial charge in [0.2, 0.25) is 11.7 Å². The minimum absolute atomic E-state index is 0.152. The Morgan fingerprint density at radius 3 is 2.68 bits per heavy atom. The maximum absolute atomic E-state index is 11.8. The summed E-state index contributed by atoms with van der Waals surface area (Å²) in [7, 11) is 0. The zero-order valence-electron chi connectivity index (χ0n) is 12.9. The highest BCUT2D eigenvalue weighted by molar-refractivity contribution is 5.91. The lowest BCUT2D eigenvalue weighted by molar-refractivity contribution is -0.116. The maximum Gasteiger partial charge on any atom is 0.407 e. The normalized spacial score (nSPS) is 14.3. The van der Waals surface area contributed by atoms with E-state index in [1.807, 2.05) is 13.8 Å². The van der Waals surface area contributed by atoms with Gasteiger partial charge in [0.15, 0.2) is 11.5 Å². The van der Waals surface area contributed by atoms with Gasteiger partial charge in [-0.15, -0.1) is 0 Å². The molecular weight excluding hydrogens is 288 g/mol. The molecule has 2 amide bonds. The van der Waals surface area contributed by atoms with Crippen molar-refractivity contribution in [2.45, 2.75) is 33.0 Å². The maximum atomic E-state index is 11.8. The average molecular weight is 308 g/mol. The first-order chi connectivity index (χ1) is 10.4. The Balaban J connectivity index is 1.82. The lowest BCUT2D eigenvalue weighted by atomic mass is 10.2. The quantitative estimate of drug-likeness (QED) is 0.871. The van der Waals surface area contributed by atoms with Gasteiger partial charge in [0, 0.05) is 38.6 Å². The zero-order valence-corrected chi connectivity index (χ0v) is 12.9. The summed E-state index contributed by atoms with van der Waals surface area (Å²) in [6.07, 6.45) is -0.376. The molecule has 0 aromatic heterocycles. The lowest BCUT2D eigenvalue weighted by Crippen LogP contribution is -2.29. The molecule has 0 atom stereocenters. The minimum atomic E-state index is -0.700. The molecule has 7 heteroatoms. The minimum Gasteiger partial charge on any atom is -0.450 e. The van der Waals surface area contributed by atoms with E-state index in [0.717, 1.165) is 0 Å². The van der Waals surface area contributed by atoms with E-state index < -0.39 is 11.9 Å². The third-order valence-electron chi connectivity index (χ3n) is 2.84. The van der Waals surface area contributed by atoms with Crippen LogP contribution >= 0.6 is 0 Å². The van der Waals surface area contributed by atoms with Crippen LogP contribution in [0.25, 0.3) is 0 Å². The molecule has 0 fully saturated rings. The van der Waals surface area contributed by atoms with Crippen molar-refractivity contribution in [3.05, 3.63) is 18.2 Å². The number of ether oxygens (including phenoxy) is 3. The Kier molecular flexibility index (Phi) is 4.75. The molecule has 0 saturated carbocycles. The number of nitrogens with one attached hydrogen (secondary N) is 2. The van der Waals surface area contributed by atoms with Crippen molar-refractivity contribution in [2.24, 2.45) is 0 Å². The van der Waals surface area contributed by atoms with Gasteiger partial charge in [-0.2, -0.15) is 0 Å². The lowest BCUT2D eigenvalue weighted by Gasteiger charge is -2.16. The van der Waals surface area contributed by atoms with Crippen LogP contribution in [0.1, 0.15) is 27.2 Å². The molecule has 0 radical (unpaired) electrons. The van der Waals surface area contributed by atoms with Gasteiger partial charge in [0.25, 0.3) is 0 Å². The fourth-order valence-electron chi connectivity index (χ4n) is 1.98. The van der Waals surface area contributed by atoms with Gasteiger partial charge in [-0.05, 0) is 19.1 Å². The van der Waals surface area contributed by atoms with Crippen LogP contribution in [0.3, 0.4) is 0 Å². The van der Waals surface area contributed by atoms with Crippen molar-refractivity contribution in [3.8, 4) is 11.5 Å². The van der Waals surface area contributed by atoms with E-state index in [1.165, 1.54) is 0 Å². The van der Waals surface area contributed by atoms with Crippen LogP contribution in [-0.2, 0) is 9.53 Å². The Hall–Kier alpha value is -2.44. The molecule has 1 heterocycles. The van der Waals surface area contributed by atoms with Gasteiger partial charge in [0.1, 0.15) is 0 Å². The molecule has 0 aliphatic carbocycles. The second kappa shape index (κ2) is 6.55. The van der Waals surface area contributed by atoms with Crippen LogP contribution in [0.2, 0.25) is 0 Å². The third kappa shape index (κ3) is 4.28. The first kappa shape index (κ1) is 15.9. The molecule has 0 spiro atoms. The summed E-state index contributed by atoms with van der Waals surface area (Å²) in [5, 5.41) is 5.22. The fourth-order valence-corrected chi connectivity index (χ4v) is 1.98. The Morgan fingerprint density at radius 1 is 1.23 bits per heavy atom. The van der Waals surface area contributed by atoms with E-state index in [9.17, 15) is 9.59 Å². The number of amides is 2. The van der Waals surface area contributed by atoms with Gasteiger partial charge in [-0.25, -0.2) is 4.79 Å². The molecular formula is C15H20N2O5. The fraction of sp³-hybridized carbons (Fsp3) is 0.467. The molecule has 7 nitrogen and oxygen atoms in total. The molecule has 1 aliphatic rings. The van der Waals surface area contributed by atoms with Gasteiger partial charge in [0.05, 0.1) is 6.61 Å². The highest BCUT2D eigenvalue weighted by Crippen LogP contribution is 2.40. The van der Waals surface area contributed by atoms with Crippen LogP contribution in [0.5, 0.6) is 11.5 Å². The van der Waals surface area contributed by atoms with Crippen molar-refractivity contribution in [1.29, 1.82) is 0 Å². The van der Waals surface area contributed by atoms with Crippen LogP contribution in [0.4, 0.5) is 10.5 Å². The molecule has 2 rings (SSSR count). The summed E-state index contributed by atoms with van der Waals surface area (Å²) in [6, 6.07) is 5.19. The van der Waals surface area contributed by atoms with Crippen LogP contribution in [0, 0.1) is 0 Å². The largest absolute Gasteiger partial charge is 0.450 e. The number of anilines is 1. The summed E-state index contributed by atoms with van der Waals surface area (Å²) in [5.74, 6) is 0.323. The second-order valence-corrected chi connectivity index (χ2v) is 5.21. The predicted molar refractivity (Wildman–Crippen MR) is 80.0 cm³/mol. The van der Waals surface area contributed by atoms with Crippen LogP contribution in [0.15, 0.2) is 18.2 Å². The van der Waals surface area contributed by atoms with Crippen LogP contribution in [-0.4, -0.2) is 30.9 Å². The Bertz CT molecular complexity index is 571. The third-order valence-corrected chi connectivity index (χ3v) is 2.84. The Morgan fingerprint density at radius 2 is 1.95 bits per heavy atom. The van der Waals surface area contributed by atoms with Gasteiger partial charge in [-0.3, -0.25) is 4.79 Å². The molecule has 0 bridgehead atoms. The number of hydrogen-bond donors (Lipinski definition) is 2. The van der Waals surface area contributed by atoms with Gasteiger partial charge < -0.3 is 24.8 Å². The molecule has 0 saturated heterocycles. The van der Waals surface area contributed by atoms with E-state index in [4.69, 9.17) is 14.2 Å². The Labute approximate surface area is 128 Å². The number of benzene rings is 1. The average Bonchev–Trinajstić information content (AvgIpc) is 2.72. The topological polar surface area (TPSA) is 85.9 Å². The summed E-state index contributed by atoms with van der Waals surface area (Å²) >= 11 is 0. The molecule has 0 unspecified atom stereocenters. The van der Waals surface area contributed by atoms with Gasteiger partial charge in [-0.1, -0.05) is 0 Å². The summed E-state index contributed by atoms with van der Waals surface area (Å²) in [6.45, 7) is 5.85. The number of carbonyl (C=O) groups is 2. The number of alkyl carbamates (subject to hydrolysis) is 1. The van der Waals surface area contributed by atoms with Gasteiger partial charge >= 0.3 is 6.09 Å². The summed E-state index contributed by atoms with van der Waals surface area (Å²) in [4.78, 5) is 22.9. The predicted octanol–water partition coefficient (Wildman–Crippen LogP) is 2.27. The smallest absolute Gasteiger partial charge is 0.407 e. The summed E-state index contributed by atoms with van der Waals surface area (Å²) in [5.41, 5.74) is 0.612. The first-order valence-electron chi connectivity index (χ1n) is 7.12. The SMILES string of the molecule is CCOC(=O)NCCC(=O)Nc1ccc2c(c1)OC(C)(C)O2. The monoisotopic (exact) mass is 308 g/mol. The number of rotatable bonds is 5. The van der Waals surface area contributed by atoms with E-state index in [-0.39, 0.29) is 18.9 Å². The van der Waals surface area contributed by atoms with Crippen LogP contribution < -0.4 is 20.1 Å². The molecule has 2 N–H and O–H groups in total. The van der Waals surface area contributed by atoms with Crippen molar-refractivity contribution in [1.82, 2.24) is 5.32 Å². The number of fused-ring (bicyclic) bond motifs is 1. The van der Waals surface area contributed by atoms with Crippen molar-refractivity contribution >= 4 is 17.7 Å². The van der Waals surface area contributed by atoms with Crippen molar-refractivity contribution in [3.63, 3.8) is 0 Å².